The summed E-state index contributed by atoms with van der Waals surface area (Å²) >= 11 is 5.63. The van der Waals surface area contributed by atoms with E-state index in [9.17, 15) is 9.18 Å². The number of benzene rings is 2. The molecule has 0 heterocycles. The highest BCUT2D eigenvalue weighted by atomic mass is 35.5. The van der Waals surface area contributed by atoms with Crippen molar-refractivity contribution in [3.8, 4) is 5.75 Å². The highest BCUT2D eigenvalue weighted by molar-refractivity contribution is 6.31. The molecule has 2 rings (SSSR count). The SMILES string of the molecule is COc1cccc(NC(=O)Nc2ccc(F)c(Cl)c2)c1. The predicted octanol–water partition coefficient (Wildman–Crippen LogP) is 4.13. The third-order valence-electron chi connectivity index (χ3n) is 2.51. The second-order valence-corrected chi connectivity index (χ2v) is 4.35. The molecular weight excluding hydrogens is 283 g/mol. The van der Waals surface area contributed by atoms with E-state index >= 15 is 0 Å². The minimum atomic E-state index is -0.537. The number of methoxy groups -OCH3 is 1. The maximum absolute atomic E-state index is 13.0. The molecule has 2 amide bonds. The lowest BCUT2D eigenvalue weighted by Gasteiger charge is -2.09. The molecule has 0 atom stereocenters. The summed E-state index contributed by atoms with van der Waals surface area (Å²) in [6.07, 6.45) is 0. The highest BCUT2D eigenvalue weighted by Crippen LogP contribution is 2.20. The average molecular weight is 295 g/mol. The van der Waals surface area contributed by atoms with Crippen LogP contribution in [0.15, 0.2) is 42.5 Å². The molecule has 2 aromatic rings. The monoisotopic (exact) mass is 294 g/mol. The quantitative estimate of drug-likeness (QED) is 0.894. The zero-order valence-electron chi connectivity index (χ0n) is 10.6. The Morgan fingerprint density at radius 2 is 1.85 bits per heavy atom. The Bertz CT molecular complexity index is 634. The molecule has 0 bridgehead atoms. The van der Waals surface area contributed by atoms with E-state index in [4.69, 9.17) is 16.3 Å². The zero-order chi connectivity index (χ0) is 14.5. The van der Waals surface area contributed by atoms with Crippen LogP contribution in [-0.2, 0) is 0 Å². The third-order valence-corrected chi connectivity index (χ3v) is 2.79. The number of halogens is 2. The number of carbonyl (C=O) groups is 1. The fourth-order valence-electron chi connectivity index (χ4n) is 1.57. The van der Waals surface area contributed by atoms with Gasteiger partial charge in [0.05, 0.1) is 12.1 Å². The van der Waals surface area contributed by atoms with Gasteiger partial charge in [0, 0.05) is 17.4 Å². The fraction of sp³-hybridized carbons (Fsp3) is 0.0714. The van der Waals surface area contributed by atoms with Gasteiger partial charge in [-0.2, -0.15) is 0 Å². The van der Waals surface area contributed by atoms with Gasteiger partial charge in [-0.1, -0.05) is 17.7 Å². The van der Waals surface area contributed by atoms with Crippen LogP contribution in [0.1, 0.15) is 0 Å². The van der Waals surface area contributed by atoms with E-state index in [1.54, 1.807) is 31.4 Å². The maximum atomic E-state index is 13.0. The average Bonchev–Trinajstić information content (AvgIpc) is 2.43. The van der Waals surface area contributed by atoms with Gasteiger partial charge in [0.15, 0.2) is 0 Å². The standard InChI is InChI=1S/C14H12ClFN2O2/c1-20-11-4-2-3-9(7-11)17-14(19)18-10-5-6-13(16)12(15)8-10/h2-8H,1H3,(H2,17,18,19). The Labute approximate surface area is 120 Å². The number of rotatable bonds is 3. The number of carbonyl (C=O) groups excluding carboxylic acids is 1. The van der Waals surface area contributed by atoms with E-state index in [0.29, 0.717) is 17.1 Å². The summed E-state index contributed by atoms with van der Waals surface area (Å²) in [6.45, 7) is 0. The molecule has 2 aromatic carbocycles. The fourth-order valence-corrected chi connectivity index (χ4v) is 1.75. The Balaban J connectivity index is 2.03. The van der Waals surface area contributed by atoms with Crippen LogP contribution in [0.4, 0.5) is 20.6 Å². The summed E-state index contributed by atoms with van der Waals surface area (Å²) in [7, 11) is 1.54. The van der Waals surface area contributed by atoms with E-state index in [1.807, 2.05) is 0 Å². The van der Waals surface area contributed by atoms with Gasteiger partial charge in [0.25, 0.3) is 0 Å². The van der Waals surface area contributed by atoms with Crippen LogP contribution >= 0.6 is 11.6 Å². The first kappa shape index (κ1) is 14.1. The van der Waals surface area contributed by atoms with Gasteiger partial charge in [-0.05, 0) is 30.3 Å². The van der Waals surface area contributed by atoms with Crippen molar-refractivity contribution in [2.75, 3.05) is 17.7 Å². The van der Waals surface area contributed by atoms with Crippen LogP contribution in [0, 0.1) is 5.82 Å². The third kappa shape index (κ3) is 3.61. The summed E-state index contributed by atoms with van der Waals surface area (Å²) in [5, 5.41) is 5.13. The van der Waals surface area contributed by atoms with Gasteiger partial charge in [-0.15, -0.1) is 0 Å². The van der Waals surface area contributed by atoms with Crippen molar-refractivity contribution in [1.29, 1.82) is 0 Å². The van der Waals surface area contributed by atoms with Crippen molar-refractivity contribution in [1.82, 2.24) is 0 Å². The summed E-state index contributed by atoms with van der Waals surface area (Å²) < 4.78 is 18.0. The van der Waals surface area contributed by atoms with Crippen LogP contribution in [0.25, 0.3) is 0 Å². The second-order valence-electron chi connectivity index (χ2n) is 3.94. The van der Waals surface area contributed by atoms with E-state index in [0.717, 1.165) is 0 Å². The summed E-state index contributed by atoms with van der Waals surface area (Å²) in [4.78, 5) is 11.8. The van der Waals surface area contributed by atoms with Crippen molar-refractivity contribution in [2.45, 2.75) is 0 Å². The molecule has 4 nitrogen and oxygen atoms in total. The van der Waals surface area contributed by atoms with Crippen LogP contribution in [-0.4, -0.2) is 13.1 Å². The van der Waals surface area contributed by atoms with Crippen LogP contribution in [0.2, 0.25) is 5.02 Å². The first-order chi connectivity index (χ1) is 9.58. The molecule has 6 heteroatoms. The molecule has 2 N–H and O–H groups in total. The topological polar surface area (TPSA) is 50.4 Å². The first-order valence-corrected chi connectivity index (χ1v) is 6.13. The lowest BCUT2D eigenvalue weighted by atomic mass is 10.3. The molecule has 20 heavy (non-hydrogen) atoms. The number of hydrogen-bond acceptors (Lipinski definition) is 2. The Morgan fingerprint density at radius 1 is 1.15 bits per heavy atom. The minimum Gasteiger partial charge on any atom is -0.497 e. The van der Waals surface area contributed by atoms with Gasteiger partial charge >= 0.3 is 6.03 Å². The van der Waals surface area contributed by atoms with Crippen molar-refractivity contribution >= 4 is 29.0 Å². The van der Waals surface area contributed by atoms with E-state index in [1.165, 1.54) is 18.2 Å². The molecule has 0 saturated heterocycles. The second kappa shape index (κ2) is 6.25. The molecule has 0 fully saturated rings. The van der Waals surface area contributed by atoms with Crippen LogP contribution in [0.5, 0.6) is 5.75 Å². The van der Waals surface area contributed by atoms with Crippen molar-refractivity contribution < 1.29 is 13.9 Å². The molecule has 104 valence electrons. The summed E-state index contributed by atoms with van der Waals surface area (Å²) in [5.41, 5.74) is 0.979. The molecule has 0 spiro atoms. The van der Waals surface area contributed by atoms with E-state index < -0.39 is 11.8 Å². The van der Waals surface area contributed by atoms with E-state index in [-0.39, 0.29) is 5.02 Å². The number of amides is 2. The van der Waals surface area contributed by atoms with E-state index in [2.05, 4.69) is 10.6 Å². The summed E-state index contributed by atoms with van der Waals surface area (Å²) in [6, 6.07) is 10.4. The van der Waals surface area contributed by atoms with Gasteiger partial charge in [-0.3, -0.25) is 0 Å². The van der Waals surface area contributed by atoms with Gasteiger partial charge in [0.1, 0.15) is 11.6 Å². The maximum Gasteiger partial charge on any atom is 0.323 e. The predicted molar refractivity (Wildman–Crippen MR) is 77.0 cm³/mol. The molecule has 0 aliphatic heterocycles. The van der Waals surface area contributed by atoms with Crippen molar-refractivity contribution in [3.05, 3.63) is 53.3 Å². The molecule has 0 saturated carbocycles. The normalized spacial score (nSPS) is 9.95. The van der Waals surface area contributed by atoms with Gasteiger partial charge in [0.2, 0.25) is 0 Å². The zero-order valence-corrected chi connectivity index (χ0v) is 11.4. The molecule has 0 radical (unpaired) electrons. The van der Waals surface area contributed by atoms with Crippen molar-refractivity contribution in [2.24, 2.45) is 0 Å². The van der Waals surface area contributed by atoms with Crippen LogP contribution < -0.4 is 15.4 Å². The first-order valence-electron chi connectivity index (χ1n) is 5.75. The molecule has 0 aliphatic carbocycles. The largest absolute Gasteiger partial charge is 0.497 e. The number of nitrogens with one attached hydrogen (secondary N) is 2. The Kier molecular flexibility index (Phi) is 4.42. The lowest BCUT2D eigenvalue weighted by Crippen LogP contribution is -2.19. The smallest absolute Gasteiger partial charge is 0.323 e. The highest BCUT2D eigenvalue weighted by Gasteiger charge is 2.06. The molecular formula is C14H12ClFN2O2. The molecule has 0 unspecified atom stereocenters. The summed E-state index contributed by atoms with van der Waals surface area (Å²) in [5.74, 6) is 0.0954. The number of urea groups is 1. The lowest BCUT2D eigenvalue weighted by molar-refractivity contribution is 0.262. The Morgan fingerprint density at radius 3 is 2.50 bits per heavy atom. The Hall–Kier alpha value is -2.27. The molecule has 0 aromatic heterocycles. The van der Waals surface area contributed by atoms with Crippen LogP contribution in [0.3, 0.4) is 0 Å². The van der Waals surface area contributed by atoms with Crippen molar-refractivity contribution in [3.63, 3.8) is 0 Å². The number of ether oxygens (including phenoxy) is 1. The minimum absolute atomic E-state index is 0.0517. The van der Waals surface area contributed by atoms with Gasteiger partial charge < -0.3 is 15.4 Å². The van der Waals surface area contributed by atoms with Gasteiger partial charge in [-0.25, -0.2) is 9.18 Å². The molecule has 0 aliphatic rings. The number of anilines is 2. The number of hydrogen-bond donors (Lipinski definition) is 2.